The van der Waals surface area contributed by atoms with E-state index in [1.165, 1.54) is 6.07 Å². The molecule has 0 bridgehead atoms. The topological polar surface area (TPSA) is 43.8 Å². The van der Waals surface area contributed by atoms with E-state index in [1.807, 2.05) is 17.6 Å². The highest BCUT2D eigenvalue weighted by atomic mass is 19.1. The molecule has 0 amide bonds. The summed E-state index contributed by atoms with van der Waals surface area (Å²) < 4.78 is 15.4. The van der Waals surface area contributed by atoms with Crippen LogP contribution in [0, 0.1) is 5.82 Å². The summed E-state index contributed by atoms with van der Waals surface area (Å²) in [5.74, 6) is -0.197. The van der Waals surface area contributed by atoms with Gasteiger partial charge in [0.1, 0.15) is 5.82 Å². The first-order valence-electron chi connectivity index (χ1n) is 5.71. The summed E-state index contributed by atoms with van der Waals surface area (Å²) in [6.45, 7) is 2.49. The summed E-state index contributed by atoms with van der Waals surface area (Å²) in [5.41, 5.74) is 7.57. The van der Waals surface area contributed by atoms with Gasteiger partial charge in [-0.05, 0) is 12.5 Å². The Morgan fingerprint density at radius 3 is 2.88 bits per heavy atom. The van der Waals surface area contributed by atoms with Crippen molar-refractivity contribution in [2.45, 2.75) is 25.9 Å². The van der Waals surface area contributed by atoms with Gasteiger partial charge >= 0.3 is 0 Å². The minimum atomic E-state index is -0.197. The lowest BCUT2D eigenvalue weighted by molar-refractivity contribution is 0.579. The van der Waals surface area contributed by atoms with E-state index in [9.17, 15) is 4.39 Å². The number of nitrogens with zero attached hydrogens (tertiary/aromatic N) is 2. The highest BCUT2D eigenvalue weighted by molar-refractivity contribution is 5.19. The van der Waals surface area contributed by atoms with E-state index in [2.05, 4.69) is 4.98 Å². The third-order valence-electron chi connectivity index (χ3n) is 2.86. The molecule has 1 atom stereocenters. The van der Waals surface area contributed by atoms with Crippen LogP contribution in [0.4, 0.5) is 4.39 Å². The van der Waals surface area contributed by atoms with E-state index >= 15 is 0 Å². The number of halogens is 1. The van der Waals surface area contributed by atoms with Gasteiger partial charge in [-0.15, -0.1) is 0 Å². The van der Waals surface area contributed by atoms with E-state index in [1.54, 1.807) is 24.7 Å². The Balaban J connectivity index is 2.25. The Hall–Kier alpha value is -1.68. The van der Waals surface area contributed by atoms with Crippen LogP contribution in [0.15, 0.2) is 36.8 Å². The average molecular weight is 233 g/mol. The van der Waals surface area contributed by atoms with Gasteiger partial charge in [-0.2, -0.15) is 0 Å². The molecule has 0 fully saturated rings. The lowest BCUT2D eigenvalue weighted by atomic mass is 10.1. The lowest BCUT2D eigenvalue weighted by Crippen LogP contribution is -2.15. The second-order valence-corrected chi connectivity index (χ2v) is 4.05. The van der Waals surface area contributed by atoms with Crippen LogP contribution in [0.5, 0.6) is 0 Å². The van der Waals surface area contributed by atoms with Gasteiger partial charge in [0.05, 0.1) is 18.6 Å². The van der Waals surface area contributed by atoms with Gasteiger partial charge in [-0.1, -0.05) is 25.1 Å². The number of imidazole rings is 1. The van der Waals surface area contributed by atoms with Crippen molar-refractivity contribution in [3.8, 4) is 0 Å². The minimum Gasteiger partial charge on any atom is -0.329 e. The predicted octanol–water partition coefficient (Wildman–Crippen LogP) is 2.48. The molecule has 0 aliphatic rings. The van der Waals surface area contributed by atoms with Gasteiger partial charge in [0.25, 0.3) is 0 Å². The second-order valence-electron chi connectivity index (χ2n) is 4.05. The highest BCUT2D eigenvalue weighted by Gasteiger charge is 2.10. The first-order chi connectivity index (χ1) is 8.22. The monoisotopic (exact) mass is 233 g/mol. The van der Waals surface area contributed by atoms with Crippen LogP contribution < -0.4 is 5.73 Å². The van der Waals surface area contributed by atoms with Gasteiger partial charge in [0, 0.05) is 17.8 Å². The first kappa shape index (κ1) is 11.8. The van der Waals surface area contributed by atoms with Crippen LogP contribution in [0.3, 0.4) is 0 Å². The zero-order chi connectivity index (χ0) is 12.3. The van der Waals surface area contributed by atoms with Crippen molar-refractivity contribution >= 4 is 0 Å². The van der Waals surface area contributed by atoms with Crippen molar-refractivity contribution in [3.05, 3.63) is 53.9 Å². The van der Waals surface area contributed by atoms with Crippen molar-refractivity contribution in [1.29, 1.82) is 0 Å². The van der Waals surface area contributed by atoms with E-state index in [0.29, 0.717) is 12.1 Å². The molecule has 0 aliphatic heterocycles. The highest BCUT2D eigenvalue weighted by Crippen LogP contribution is 2.16. The molecule has 0 saturated carbocycles. The molecule has 1 heterocycles. The lowest BCUT2D eigenvalue weighted by Gasteiger charge is -2.13. The normalized spacial score (nSPS) is 12.6. The summed E-state index contributed by atoms with van der Waals surface area (Å²) in [4.78, 5) is 4.08. The van der Waals surface area contributed by atoms with Crippen molar-refractivity contribution in [2.24, 2.45) is 5.73 Å². The average Bonchev–Trinajstić information content (AvgIpc) is 2.79. The molecule has 0 unspecified atom stereocenters. The van der Waals surface area contributed by atoms with Crippen molar-refractivity contribution in [2.75, 3.05) is 0 Å². The Morgan fingerprint density at radius 1 is 1.41 bits per heavy atom. The van der Waals surface area contributed by atoms with E-state index in [4.69, 9.17) is 5.73 Å². The van der Waals surface area contributed by atoms with E-state index in [-0.39, 0.29) is 11.9 Å². The van der Waals surface area contributed by atoms with Crippen LogP contribution in [0.1, 0.15) is 30.6 Å². The molecule has 0 aliphatic carbocycles. The van der Waals surface area contributed by atoms with E-state index in [0.717, 1.165) is 12.1 Å². The fourth-order valence-electron chi connectivity index (χ4n) is 1.79. The van der Waals surface area contributed by atoms with Crippen molar-refractivity contribution < 1.29 is 4.39 Å². The number of aromatic nitrogens is 2. The van der Waals surface area contributed by atoms with Crippen LogP contribution in [0.2, 0.25) is 0 Å². The summed E-state index contributed by atoms with van der Waals surface area (Å²) in [7, 11) is 0. The molecule has 2 N–H and O–H groups in total. The second kappa shape index (κ2) is 5.10. The molecule has 17 heavy (non-hydrogen) atoms. The Labute approximate surface area is 100 Å². The Bertz CT molecular complexity index is 493. The van der Waals surface area contributed by atoms with Gasteiger partial charge in [0.2, 0.25) is 0 Å². The third kappa shape index (κ3) is 2.53. The molecule has 0 spiro atoms. The zero-order valence-electron chi connectivity index (χ0n) is 9.81. The number of hydrogen-bond donors (Lipinski definition) is 1. The smallest absolute Gasteiger partial charge is 0.128 e. The predicted molar refractivity (Wildman–Crippen MR) is 64.9 cm³/mol. The molecule has 1 aromatic carbocycles. The summed E-state index contributed by atoms with van der Waals surface area (Å²) in [5, 5.41) is 0. The van der Waals surface area contributed by atoms with E-state index < -0.39 is 0 Å². The summed E-state index contributed by atoms with van der Waals surface area (Å²) in [6.07, 6.45) is 4.27. The van der Waals surface area contributed by atoms with Gasteiger partial charge < -0.3 is 10.3 Å². The van der Waals surface area contributed by atoms with Crippen LogP contribution in [-0.4, -0.2) is 9.55 Å². The largest absolute Gasteiger partial charge is 0.329 e. The maximum Gasteiger partial charge on any atom is 0.128 e. The number of hydrogen-bond acceptors (Lipinski definition) is 2. The van der Waals surface area contributed by atoms with Crippen molar-refractivity contribution in [3.63, 3.8) is 0 Å². The quantitative estimate of drug-likeness (QED) is 0.881. The summed E-state index contributed by atoms with van der Waals surface area (Å²) in [6, 6.07) is 6.70. The number of nitrogens with two attached hydrogens (primary N) is 1. The van der Waals surface area contributed by atoms with Crippen LogP contribution in [-0.2, 0) is 6.54 Å². The van der Waals surface area contributed by atoms with Crippen molar-refractivity contribution in [1.82, 2.24) is 9.55 Å². The molecular formula is C13H16FN3. The first-order valence-corrected chi connectivity index (χ1v) is 5.71. The third-order valence-corrected chi connectivity index (χ3v) is 2.86. The molecule has 2 aromatic rings. The molecule has 0 saturated heterocycles. The Morgan fingerprint density at radius 2 is 2.18 bits per heavy atom. The standard InChI is InChI=1S/C13H16FN3/c1-2-12(15)13-7-16-9-17(13)8-10-5-3-4-6-11(10)14/h3-7,9,12H,2,8,15H2,1H3/t12-/m1/s1. The van der Waals surface area contributed by atoms with Gasteiger partial charge in [-0.3, -0.25) is 0 Å². The molecule has 1 aromatic heterocycles. The van der Waals surface area contributed by atoms with Crippen LogP contribution >= 0.6 is 0 Å². The number of benzene rings is 1. The molecule has 0 radical (unpaired) electrons. The fourth-order valence-corrected chi connectivity index (χ4v) is 1.79. The number of rotatable bonds is 4. The fraction of sp³-hybridized carbons (Fsp3) is 0.308. The Kier molecular flexibility index (Phi) is 3.54. The van der Waals surface area contributed by atoms with Gasteiger partial charge in [-0.25, -0.2) is 9.37 Å². The molecule has 4 heteroatoms. The molecular weight excluding hydrogens is 217 g/mol. The van der Waals surface area contributed by atoms with Gasteiger partial charge in [0.15, 0.2) is 0 Å². The molecule has 90 valence electrons. The minimum absolute atomic E-state index is 0.0516. The zero-order valence-corrected chi connectivity index (χ0v) is 9.81. The SMILES string of the molecule is CC[C@@H](N)c1cncn1Cc1ccccc1F. The summed E-state index contributed by atoms with van der Waals surface area (Å²) >= 11 is 0. The maximum atomic E-state index is 13.5. The van der Waals surface area contributed by atoms with Crippen LogP contribution in [0.25, 0.3) is 0 Å². The molecule has 2 rings (SSSR count). The maximum absolute atomic E-state index is 13.5. The molecule has 3 nitrogen and oxygen atoms in total.